The maximum Gasteiger partial charge on any atom is 0.339 e. The summed E-state index contributed by atoms with van der Waals surface area (Å²) in [4.78, 5) is 26.8. The van der Waals surface area contributed by atoms with E-state index in [1.165, 1.54) is 18.5 Å². The molecule has 1 aromatic rings. The fourth-order valence-corrected chi connectivity index (χ4v) is 1.17. The van der Waals surface area contributed by atoms with E-state index in [4.69, 9.17) is 14.6 Å². The zero-order valence-corrected chi connectivity index (χ0v) is 10.3. The van der Waals surface area contributed by atoms with Gasteiger partial charge in [0.2, 0.25) is 0 Å². The number of pyridine rings is 1. The van der Waals surface area contributed by atoms with Crippen molar-refractivity contribution in [1.29, 1.82) is 0 Å². The highest BCUT2D eigenvalue weighted by molar-refractivity contribution is 5.94. The molecule has 1 N–H and O–H groups in total. The van der Waals surface area contributed by atoms with Crippen molar-refractivity contribution in [3.05, 3.63) is 29.6 Å². The van der Waals surface area contributed by atoms with Gasteiger partial charge in [0.15, 0.2) is 0 Å². The van der Waals surface area contributed by atoms with Gasteiger partial charge in [-0.3, -0.25) is 4.98 Å². The molecule has 0 amide bonds. The Hall–Kier alpha value is -1.95. The van der Waals surface area contributed by atoms with Gasteiger partial charge >= 0.3 is 11.9 Å². The first-order chi connectivity index (χ1) is 8.54. The molecule has 1 heterocycles. The SMILES string of the molecule is CC(C)OC(=O)c1cncc(C(=O)OCCO)c1. The van der Waals surface area contributed by atoms with Crippen molar-refractivity contribution in [2.75, 3.05) is 13.2 Å². The van der Waals surface area contributed by atoms with Crippen LogP contribution in [0.3, 0.4) is 0 Å². The monoisotopic (exact) mass is 253 g/mol. The number of carbonyl (C=O) groups excluding carboxylic acids is 2. The number of esters is 2. The van der Waals surface area contributed by atoms with E-state index < -0.39 is 11.9 Å². The summed E-state index contributed by atoms with van der Waals surface area (Å²) in [5.41, 5.74) is 0.323. The van der Waals surface area contributed by atoms with Crippen molar-refractivity contribution in [3.63, 3.8) is 0 Å². The predicted molar refractivity (Wildman–Crippen MR) is 62.2 cm³/mol. The van der Waals surface area contributed by atoms with Gasteiger partial charge in [-0.1, -0.05) is 0 Å². The van der Waals surface area contributed by atoms with Gasteiger partial charge in [-0.2, -0.15) is 0 Å². The number of carbonyl (C=O) groups is 2. The van der Waals surface area contributed by atoms with Gasteiger partial charge in [0.25, 0.3) is 0 Å². The van der Waals surface area contributed by atoms with Crippen LogP contribution in [0.5, 0.6) is 0 Å². The summed E-state index contributed by atoms with van der Waals surface area (Å²) in [6.45, 7) is 3.10. The molecule has 0 aliphatic heterocycles. The van der Waals surface area contributed by atoms with Gasteiger partial charge in [0.05, 0.1) is 23.8 Å². The Balaban J connectivity index is 2.79. The van der Waals surface area contributed by atoms with Crippen LogP contribution in [0.15, 0.2) is 18.5 Å². The number of rotatable bonds is 5. The smallest absolute Gasteiger partial charge is 0.339 e. The molecule has 0 spiro atoms. The highest BCUT2D eigenvalue weighted by Gasteiger charge is 2.14. The van der Waals surface area contributed by atoms with Gasteiger partial charge in [-0.15, -0.1) is 0 Å². The molecule has 0 saturated carbocycles. The number of hydrogen-bond acceptors (Lipinski definition) is 6. The zero-order chi connectivity index (χ0) is 13.5. The Morgan fingerprint density at radius 2 is 1.89 bits per heavy atom. The lowest BCUT2D eigenvalue weighted by Gasteiger charge is -2.08. The Bertz CT molecular complexity index is 430. The second-order valence-electron chi connectivity index (χ2n) is 3.78. The van der Waals surface area contributed by atoms with E-state index in [0.717, 1.165) is 0 Å². The van der Waals surface area contributed by atoms with Crippen molar-refractivity contribution < 1.29 is 24.2 Å². The highest BCUT2D eigenvalue weighted by atomic mass is 16.5. The minimum absolute atomic E-state index is 0.0977. The fraction of sp³-hybridized carbons (Fsp3) is 0.417. The van der Waals surface area contributed by atoms with Crippen molar-refractivity contribution in [1.82, 2.24) is 4.98 Å². The maximum absolute atomic E-state index is 11.6. The number of aromatic nitrogens is 1. The number of ether oxygens (including phenoxy) is 2. The van der Waals surface area contributed by atoms with Crippen LogP contribution >= 0.6 is 0 Å². The lowest BCUT2D eigenvalue weighted by Crippen LogP contribution is -2.14. The van der Waals surface area contributed by atoms with Gasteiger partial charge in [0, 0.05) is 12.4 Å². The molecule has 1 rings (SSSR count). The molecule has 0 radical (unpaired) electrons. The van der Waals surface area contributed by atoms with E-state index in [1.807, 2.05) is 0 Å². The van der Waals surface area contributed by atoms with E-state index in [2.05, 4.69) is 4.98 Å². The topological polar surface area (TPSA) is 85.7 Å². The normalized spacial score (nSPS) is 10.2. The summed E-state index contributed by atoms with van der Waals surface area (Å²) in [5.74, 6) is -1.19. The van der Waals surface area contributed by atoms with Gasteiger partial charge < -0.3 is 14.6 Å². The number of nitrogens with zero attached hydrogens (tertiary/aromatic N) is 1. The van der Waals surface area contributed by atoms with Crippen LogP contribution in [0.1, 0.15) is 34.6 Å². The van der Waals surface area contributed by atoms with Gasteiger partial charge in [-0.25, -0.2) is 9.59 Å². The Kier molecular flexibility index (Phi) is 5.26. The largest absolute Gasteiger partial charge is 0.460 e. The van der Waals surface area contributed by atoms with E-state index >= 15 is 0 Å². The maximum atomic E-state index is 11.6. The van der Waals surface area contributed by atoms with Crippen LogP contribution in [0.4, 0.5) is 0 Å². The molecule has 0 saturated heterocycles. The first-order valence-corrected chi connectivity index (χ1v) is 5.48. The van der Waals surface area contributed by atoms with Crippen molar-refractivity contribution in [2.45, 2.75) is 20.0 Å². The average Bonchev–Trinajstić information content (AvgIpc) is 2.35. The standard InChI is InChI=1S/C12H15NO5/c1-8(2)18-12(16)10-5-9(6-13-7-10)11(15)17-4-3-14/h5-8,14H,3-4H2,1-2H3. The first kappa shape index (κ1) is 14.1. The van der Waals surface area contributed by atoms with E-state index in [0.29, 0.717) is 0 Å². The van der Waals surface area contributed by atoms with E-state index in [9.17, 15) is 9.59 Å². The van der Waals surface area contributed by atoms with Crippen molar-refractivity contribution >= 4 is 11.9 Å². The predicted octanol–water partition coefficient (Wildman–Crippen LogP) is 0.796. The number of hydrogen-bond donors (Lipinski definition) is 1. The van der Waals surface area contributed by atoms with Crippen LogP contribution in [0.2, 0.25) is 0 Å². The van der Waals surface area contributed by atoms with Crippen molar-refractivity contribution in [3.8, 4) is 0 Å². The Morgan fingerprint density at radius 3 is 2.44 bits per heavy atom. The second kappa shape index (κ2) is 6.70. The molecule has 0 atom stereocenters. The summed E-state index contributed by atoms with van der Waals surface area (Å²) in [7, 11) is 0. The second-order valence-corrected chi connectivity index (χ2v) is 3.78. The Morgan fingerprint density at radius 1 is 1.28 bits per heavy atom. The van der Waals surface area contributed by atoms with Crippen LogP contribution in [-0.2, 0) is 9.47 Å². The molecule has 0 unspecified atom stereocenters. The molecular weight excluding hydrogens is 238 g/mol. The van der Waals surface area contributed by atoms with Crippen LogP contribution < -0.4 is 0 Å². The van der Waals surface area contributed by atoms with Crippen LogP contribution in [0.25, 0.3) is 0 Å². The van der Waals surface area contributed by atoms with E-state index in [1.54, 1.807) is 13.8 Å². The number of aliphatic hydroxyl groups is 1. The highest BCUT2D eigenvalue weighted by Crippen LogP contribution is 2.07. The molecule has 0 fully saturated rings. The number of aliphatic hydroxyl groups excluding tert-OH is 1. The molecule has 1 aromatic heterocycles. The summed E-state index contributed by atoms with van der Waals surface area (Å²) >= 11 is 0. The Labute approximate surface area is 105 Å². The van der Waals surface area contributed by atoms with Crippen LogP contribution in [-0.4, -0.2) is 41.3 Å². The fourth-order valence-electron chi connectivity index (χ4n) is 1.17. The molecule has 6 nitrogen and oxygen atoms in total. The summed E-state index contributed by atoms with van der Waals surface area (Å²) < 4.78 is 9.69. The molecule has 0 aliphatic rings. The third kappa shape index (κ3) is 4.14. The average molecular weight is 253 g/mol. The van der Waals surface area contributed by atoms with E-state index in [-0.39, 0.29) is 30.4 Å². The summed E-state index contributed by atoms with van der Waals surface area (Å²) in [6.07, 6.45) is 2.35. The molecule has 0 aliphatic carbocycles. The lowest BCUT2D eigenvalue weighted by atomic mass is 10.2. The van der Waals surface area contributed by atoms with Crippen LogP contribution in [0, 0.1) is 0 Å². The third-order valence-electron chi connectivity index (χ3n) is 1.88. The molecule has 98 valence electrons. The first-order valence-electron chi connectivity index (χ1n) is 5.48. The third-order valence-corrected chi connectivity index (χ3v) is 1.88. The lowest BCUT2D eigenvalue weighted by molar-refractivity contribution is 0.0377. The minimum atomic E-state index is -0.643. The quantitative estimate of drug-likeness (QED) is 0.781. The molecule has 0 bridgehead atoms. The minimum Gasteiger partial charge on any atom is -0.460 e. The summed E-state index contributed by atoms with van der Waals surface area (Å²) in [6, 6.07) is 1.34. The van der Waals surface area contributed by atoms with Gasteiger partial charge in [-0.05, 0) is 19.9 Å². The zero-order valence-electron chi connectivity index (χ0n) is 10.3. The van der Waals surface area contributed by atoms with Gasteiger partial charge in [0.1, 0.15) is 6.61 Å². The molecule has 0 aromatic carbocycles. The summed E-state index contributed by atoms with van der Waals surface area (Å²) in [5, 5.41) is 8.54. The van der Waals surface area contributed by atoms with Crippen molar-refractivity contribution in [2.24, 2.45) is 0 Å². The molecular formula is C12H15NO5. The molecule has 18 heavy (non-hydrogen) atoms. The molecule has 6 heteroatoms.